The molecule has 0 aliphatic carbocycles. The Morgan fingerprint density at radius 2 is 2.09 bits per heavy atom. The Morgan fingerprint density at radius 1 is 1.45 bits per heavy atom. The third kappa shape index (κ3) is 1.48. The second-order valence-electron chi connectivity index (χ2n) is 2.22. The third-order valence-corrected chi connectivity index (χ3v) is 2.16. The van der Waals surface area contributed by atoms with E-state index in [1.807, 2.05) is 0 Å². The minimum atomic E-state index is 0.255. The van der Waals surface area contributed by atoms with E-state index in [1.54, 1.807) is 26.2 Å². The zero-order valence-electron chi connectivity index (χ0n) is 6.39. The van der Waals surface area contributed by atoms with Crippen molar-refractivity contribution in [2.45, 2.75) is 6.92 Å². The van der Waals surface area contributed by atoms with Gasteiger partial charge in [0.25, 0.3) is 0 Å². The van der Waals surface area contributed by atoms with Crippen molar-refractivity contribution < 1.29 is 9.84 Å². The maximum absolute atomic E-state index is 9.25. The van der Waals surface area contributed by atoms with Crippen LogP contribution in [0.3, 0.4) is 0 Å². The molecular formula is C8H9BrO2. The van der Waals surface area contributed by atoms with Crippen LogP contribution in [0.15, 0.2) is 16.6 Å². The molecule has 60 valence electrons. The van der Waals surface area contributed by atoms with Crippen LogP contribution in [-0.4, -0.2) is 12.2 Å². The van der Waals surface area contributed by atoms with Crippen LogP contribution in [0.2, 0.25) is 0 Å². The molecule has 0 aliphatic heterocycles. The van der Waals surface area contributed by atoms with Crippen molar-refractivity contribution in [1.82, 2.24) is 0 Å². The molecule has 0 radical (unpaired) electrons. The summed E-state index contributed by atoms with van der Waals surface area (Å²) in [6.45, 7) is 1.80. The Bertz CT molecular complexity index is 271. The van der Waals surface area contributed by atoms with E-state index < -0.39 is 0 Å². The molecule has 0 spiro atoms. The van der Waals surface area contributed by atoms with Gasteiger partial charge in [0.1, 0.15) is 11.5 Å². The largest absolute Gasteiger partial charge is 0.508 e. The number of halogens is 1. The minimum absolute atomic E-state index is 0.255. The van der Waals surface area contributed by atoms with Gasteiger partial charge in [-0.05, 0) is 35.0 Å². The van der Waals surface area contributed by atoms with E-state index in [0.29, 0.717) is 5.75 Å². The van der Waals surface area contributed by atoms with E-state index >= 15 is 0 Å². The van der Waals surface area contributed by atoms with Crippen molar-refractivity contribution in [3.05, 3.63) is 22.2 Å². The van der Waals surface area contributed by atoms with Crippen LogP contribution in [0, 0.1) is 6.92 Å². The Balaban J connectivity index is 3.29. The first-order valence-electron chi connectivity index (χ1n) is 3.19. The fourth-order valence-electron chi connectivity index (χ4n) is 0.899. The summed E-state index contributed by atoms with van der Waals surface area (Å²) in [5.41, 5.74) is 0.752. The second-order valence-corrected chi connectivity index (χ2v) is 3.08. The van der Waals surface area contributed by atoms with Gasteiger partial charge in [0, 0.05) is 5.56 Å². The van der Waals surface area contributed by atoms with Crippen LogP contribution in [-0.2, 0) is 0 Å². The summed E-state index contributed by atoms with van der Waals surface area (Å²) in [6, 6.07) is 3.38. The molecule has 0 saturated heterocycles. The number of phenolic OH excluding ortho intramolecular Hbond substituents is 1. The summed E-state index contributed by atoms with van der Waals surface area (Å²) in [4.78, 5) is 0. The molecule has 0 atom stereocenters. The summed E-state index contributed by atoms with van der Waals surface area (Å²) in [5.74, 6) is 0.940. The normalized spacial score (nSPS) is 9.73. The number of phenols is 1. The molecular weight excluding hydrogens is 208 g/mol. The minimum Gasteiger partial charge on any atom is -0.508 e. The van der Waals surface area contributed by atoms with Crippen LogP contribution in [0.1, 0.15) is 5.56 Å². The maximum Gasteiger partial charge on any atom is 0.139 e. The number of ether oxygens (including phenoxy) is 1. The lowest BCUT2D eigenvalue weighted by atomic mass is 10.2. The standard InChI is InChI=1S/C8H9BrO2/c1-5-7(10)4-3-6(9)8(5)11-2/h3-4,10H,1-2H3. The SMILES string of the molecule is COc1c(Br)ccc(O)c1C. The number of rotatable bonds is 1. The average Bonchev–Trinajstić information content (AvgIpc) is 1.99. The van der Waals surface area contributed by atoms with E-state index in [1.165, 1.54) is 0 Å². The molecule has 0 amide bonds. The zero-order valence-corrected chi connectivity index (χ0v) is 7.97. The average molecular weight is 217 g/mol. The first kappa shape index (κ1) is 8.40. The van der Waals surface area contributed by atoms with Crippen molar-refractivity contribution in [3.8, 4) is 11.5 Å². The van der Waals surface area contributed by atoms with E-state index in [-0.39, 0.29) is 5.75 Å². The highest BCUT2D eigenvalue weighted by Crippen LogP contribution is 2.33. The van der Waals surface area contributed by atoms with Crippen molar-refractivity contribution >= 4 is 15.9 Å². The lowest BCUT2D eigenvalue weighted by molar-refractivity contribution is 0.400. The van der Waals surface area contributed by atoms with E-state index in [9.17, 15) is 5.11 Å². The van der Waals surface area contributed by atoms with Crippen molar-refractivity contribution in [2.75, 3.05) is 7.11 Å². The molecule has 0 saturated carbocycles. The summed E-state index contributed by atoms with van der Waals surface area (Å²) < 4.78 is 5.91. The van der Waals surface area contributed by atoms with Gasteiger partial charge in [0.15, 0.2) is 0 Å². The van der Waals surface area contributed by atoms with Crippen LogP contribution in [0.25, 0.3) is 0 Å². The molecule has 1 rings (SSSR count). The van der Waals surface area contributed by atoms with Gasteiger partial charge in [-0.1, -0.05) is 0 Å². The third-order valence-electron chi connectivity index (χ3n) is 1.53. The van der Waals surface area contributed by atoms with Crippen molar-refractivity contribution in [3.63, 3.8) is 0 Å². The lowest BCUT2D eigenvalue weighted by Crippen LogP contribution is -1.88. The molecule has 0 aliphatic rings. The van der Waals surface area contributed by atoms with Gasteiger partial charge in [0.05, 0.1) is 11.6 Å². The Labute approximate surface area is 73.9 Å². The molecule has 1 aromatic carbocycles. The molecule has 0 unspecified atom stereocenters. The molecule has 1 aromatic rings. The maximum atomic E-state index is 9.25. The monoisotopic (exact) mass is 216 g/mol. The fourth-order valence-corrected chi connectivity index (χ4v) is 1.49. The van der Waals surface area contributed by atoms with Crippen LogP contribution in [0.5, 0.6) is 11.5 Å². The van der Waals surface area contributed by atoms with Crippen molar-refractivity contribution in [1.29, 1.82) is 0 Å². The number of hydrogen-bond acceptors (Lipinski definition) is 2. The lowest BCUT2D eigenvalue weighted by Gasteiger charge is -2.07. The Morgan fingerprint density at radius 3 is 2.55 bits per heavy atom. The van der Waals surface area contributed by atoms with E-state index in [4.69, 9.17) is 4.74 Å². The summed E-state index contributed by atoms with van der Waals surface area (Å²) in [6.07, 6.45) is 0. The highest BCUT2D eigenvalue weighted by molar-refractivity contribution is 9.10. The molecule has 0 bridgehead atoms. The smallest absolute Gasteiger partial charge is 0.139 e. The molecule has 0 aromatic heterocycles. The van der Waals surface area contributed by atoms with Crippen LogP contribution >= 0.6 is 15.9 Å². The summed E-state index contributed by atoms with van der Waals surface area (Å²) >= 11 is 3.31. The number of methoxy groups -OCH3 is 1. The van der Waals surface area contributed by atoms with Gasteiger partial charge in [-0.25, -0.2) is 0 Å². The van der Waals surface area contributed by atoms with Gasteiger partial charge in [0.2, 0.25) is 0 Å². The van der Waals surface area contributed by atoms with Gasteiger partial charge >= 0.3 is 0 Å². The van der Waals surface area contributed by atoms with Crippen LogP contribution in [0.4, 0.5) is 0 Å². The number of aromatic hydroxyl groups is 1. The van der Waals surface area contributed by atoms with E-state index in [0.717, 1.165) is 10.0 Å². The van der Waals surface area contributed by atoms with Crippen molar-refractivity contribution in [2.24, 2.45) is 0 Å². The molecule has 0 fully saturated rings. The van der Waals surface area contributed by atoms with Gasteiger partial charge in [-0.3, -0.25) is 0 Å². The predicted octanol–water partition coefficient (Wildman–Crippen LogP) is 2.47. The van der Waals surface area contributed by atoms with E-state index in [2.05, 4.69) is 15.9 Å². The number of hydrogen-bond donors (Lipinski definition) is 1. The first-order chi connectivity index (χ1) is 5.16. The highest BCUT2D eigenvalue weighted by Gasteiger charge is 2.06. The molecule has 11 heavy (non-hydrogen) atoms. The zero-order chi connectivity index (χ0) is 8.43. The topological polar surface area (TPSA) is 29.5 Å². The van der Waals surface area contributed by atoms with Gasteiger partial charge in [-0.2, -0.15) is 0 Å². The summed E-state index contributed by atoms with van der Waals surface area (Å²) in [7, 11) is 1.58. The Kier molecular flexibility index (Phi) is 2.39. The van der Waals surface area contributed by atoms with Gasteiger partial charge < -0.3 is 9.84 Å². The second kappa shape index (κ2) is 3.13. The van der Waals surface area contributed by atoms with Crippen LogP contribution < -0.4 is 4.74 Å². The molecule has 1 N–H and O–H groups in total. The quantitative estimate of drug-likeness (QED) is 0.782. The van der Waals surface area contributed by atoms with Gasteiger partial charge in [-0.15, -0.1) is 0 Å². The first-order valence-corrected chi connectivity index (χ1v) is 3.98. The predicted molar refractivity (Wildman–Crippen MR) is 47.1 cm³/mol. The summed E-state index contributed by atoms with van der Waals surface area (Å²) in [5, 5.41) is 9.25. The Hall–Kier alpha value is -0.700. The molecule has 2 nitrogen and oxygen atoms in total. The molecule has 0 heterocycles. The highest BCUT2D eigenvalue weighted by atomic mass is 79.9. The fraction of sp³-hybridized carbons (Fsp3) is 0.250. The number of benzene rings is 1. The molecule has 3 heteroatoms.